The molecule has 0 saturated carbocycles. The molecule has 96 valence electrons. The molecule has 0 aliphatic heterocycles. The molecule has 4 heteroatoms. The van der Waals surface area contributed by atoms with Gasteiger partial charge in [-0.3, -0.25) is 4.98 Å². The maximum absolute atomic E-state index is 8.88. The Morgan fingerprint density at radius 2 is 2.22 bits per heavy atom. The number of rotatable bonds is 5. The molecule has 1 aromatic carbocycles. The predicted molar refractivity (Wildman–Crippen MR) is 76.1 cm³/mol. The van der Waals surface area contributed by atoms with Gasteiger partial charge in [0.15, 0.2) is 0 Å². The van der Waals surface area contributed by atoms with E-state index in [-0.39, 0.29) is 6.61 Å². The van der Waals surface area contributed by atoms with Gasteiger partial charge in [-0.25, -0.2) is 0 Å². The van der Waals surface area contributed by atoms with Gasteiger partial charge in [-0.1, -0.05) is 18.5 Å². The van der Waals surface area contributed by atoms with Crippen LogP contribution in [0.15, 0.2) is 30.5 Å². The molecule has 2 rings (SSSR count). The Morgan fingerprint density at radius 1 is 1.39 bits per heavy atom. The number of anilines is 1. The van der Waals surface area contributed by atoms with Crippen molar-refractivity contribution in [2.75, 3.05) is 18.5 Å². The first-order chi connectivity index (χ1) is 8.70. The summed E-state index contributed by atoms with van der Waals surface area (Å²) in [5, 5.41) is 14.0. The molecule has 2 N–H and O–H groups in total. The lowest BCUT2D eigenvalue weighted by atomic mass is 10.1. The quantitative estimate of drug-likeness (QED) is 0.871. The Kier molecular flexibility index (Phi) is 4.39. The number of pyridine rings is 1. The third-order valence-corrected chi connectivity index (χ3v) is 3.20. The molecule has 0 bridgehead atoms. The van der Waals surface area contributed by atoms with E-state index in [2.05, 4.69) is 17.2 Å². The van der Waals surface area contributed by atoms with Gasteiger partial charge in [0.1, 0.15) is 0 Å². The normalized spacial score (nSPS) is 12.6. The Bertz CT molecular complexity index is 530. The van der Waals surface area contributed by atoms with Crippen LogP contribution < -0.4 is 5.32 Å². The molecule has 2 aromatic rings. The van der Waals surface area contributed by atoms with E-state index in [1.807, 2.05) is 24.3 Å². The summed E-state index contributed by atoms with van der Waals surface area (Å²) in [6.07, 6.45) is 2.58. The summed E-state index contributed by atoms with van der Waals surface area (Å²) < 4.78 is 0. The molecular formula is C14H17ClN2O. The van der Waals surface area contributed by atoms with Crippen LogP contribution >= 0.6 is 11.6 Å². The van der Waals surface area contributed by atoms with Crippen molar-refractivity contribution in [3.8, 4) is 0 Å². The van der Waals surface area contributed by atoms with Gasteiger partial charge in [-0.05, 0) is 36.6 Å². The summed E-state index contributed by atoms with van der Waals surface area (Å²) in [5.41, 5.74) is 1.95. The summed E-state index contributed by atoms with van der Waals surface area (Å²) in [7, 11) is 0. The highest BCUT2D eigenvalue weighted by atomic mass is 35.5. The maximum Gasteiger partial charge on any atom is 0.0737 e. The third-order valence-electron chi connectivity index (χ3n) is 2.97. The van der Waals surface area contributed by atoms with Crippen molar-refractivity contribution < 1.29 is 5.11 Å². The molecular weight excluding hydrogens is 248 g/mol. The second kappa shape index (κ2) is 6.03. The second-order valence-corrected chi connectivity index (χ2v) is 4.95. The van der Waals surface area contributed by atoms with Crippen LogP contribution in [0.4, 0.5) is 5.69 Å². The highest BCUT2D eigenvalue weighted by molar-refractivity contribution is 6.31. The Hall–Kier alpha value is -1.32. The van der Waals surface area contributed by atoms with E-state index >= 15 is 0 Å². The largest absolute Gasteiger partial charge is 0.396 e. The predicted octanol–water partition coefficient (Wildman–Crippen LogP) is 3.32. The van der Waals surface area contributed by atoms with Gasteiger partial charge in [0.05, 0.1) is 5.52 Å². The Morgan fingerprint density at radius 3 is 3.00 bits per heavy atom. The molecule has 0 amide bonds. The monoisotopic (exact) mass is 264 g/mol. The van der Waals surface area contributed by atoms with E-state index < -0.39 is 0 Å². The highest BCUT2D eigenvalue weighted by Crippen LogP contribution is 2.24. The molecule has 1 atom stereocenters. The molecule has 0 fully saturated rings. The first-order valence-electron chi connectivity index (χ1n) is 6.09. The summed E-state index contributed by atoms with van der Waals surface area (Å²) in [6, 6.07) is 7.67. The lowest BCUT2D eigenvalue weighted by Gasteiger charge is -2.13. The van der Waals surface area contributed by atoms with Crippen molar-refractivity contribution in [3.05, 3.63) is 35.5 Å². The Labute approximate surface area is 112 Å². The van der Waals surface area contributed by atoms with E-state index in [9.17, 15) is 0 Å². The zero-order chi connectivity index (χ0) is 13.0. The number of aromatic nitrogens is 1. The average molecular weight is 265 g/mol. The number of nitrogens with zero attached hydrogens (tertiary/aromatic N) is 1. The highest BCUT2D eigenvalue weighted by Gasteiger charge is 2.05. The van der Waals surface area contributed by atoms with E-state index in [0.29, 0.717) is 10.9 Å². The summed E-state index contributed by atoms with van der Waals surface area (Å²) in [4.78, 5) is 4.30. The molecule has 1 heterocycles. The van der Waals surface area contributed by atoms with Gasteiger partial charge >= 0.3 is 0 Å². The first-order valence-corrected chi connectivity index (χ1v) is 6.47. The molecule has 1 aromatic heterocycles. The zero-order valence-electron chi connectivity index (χ0n) is 10.4. The minimum Gasteiger partial charge on any atom is -0.396 e. The van der Waals surface area contributed by atoms with Crippen LogP contribution in [-0.2, 0) is 0 Å². The minimum absolute atomic E-state index is 0.232. The third kappa shape index (κ3) is 3.12. The van der Waals surface area contributed by atoms with Crippen LogP contribution in [-0.4, -0.2) is 23.2 Å². The van der Waals surface area contributed by atoms with E-state index in [4.69, 9.17) is 16.7 Å². The maximum atomic E-state index is 8.88. The summed E-state index contributed by atoms with van der Waals surface area (Å²) in [5.74, 6) is 0.436. The average Bonchev–Trinajstić information content (AvgIpc) is 2.36. The second-order valence-electron chi connectivity index (χ2n) is 4.52. The van der Waals surface area contributed by atoms with Crippen molar-refractivity contribution in [2.45, 2.75) is 13.3 Å². The zero-order valence-corrected chi connectivity index (χ0v) is 11.1. The van der Waals surface area contributed by atoms with Crippen molar-refractivity contribution in [3.63, 3.8) is 0 Å². The fourth-order valence-electron chi connectivity index (χ4n) is 1.88. The summed E-state index contributed by atoms with van der Waals surface area (Å²) in [6.45, 7) is 3.18. The molecule has 0 spiro atoms. The standard InChI is InChI=1S/C14H17ClN2O/c1-10(5-7-18)9-17-13-4-6-16-14-8-11(15)2-3-12(13)14/h2-4,6,8,10,18H,5,7,9H2,1H3,(H,16,17). The van der Waals surface area contributed by atoms with Gasteiger partial charge in [0.2, 0.25) is 0 Å². The van der Waals surface area contributed by atoms with Gasteiger partial charge in [-0.2, -0.15) is 0 Å². The van der Waals surface area contributed by atoms with E-state index in [1.165, 1.54) is 0 Å². The molecule has 1 unspecified atom stereocenters. The van der Waals surface area contributed by atoms with Crippen molar-refractivity contribution >= 4 is 28.2 Å². The van der Waals surface area contributed by atoms with Crippen LogP contribution in [0, 0.1) is 5.92 Å². The minimum atomic E-state index is 0.232. The number of aliphatic hydroxyl groups excluding tert-OH is 1. The fourth-order valence-corrected chi connectivity index (χ4v) is 2.05. The summed E-state index contributed by atoms with van der Waals surface area (Å²) >= 11 is 5.95. The van der Waals surface area contributed by atoms with E-state index in [1.54, 1.807) is 6.20 Å². The lowest BCUT2D eigenvalue weighted by molar-refractivity contribution is 0.266. The fraction of sp³-hybridized carbons (Fsp3) is 0.357. The number of hydrogen-bond acceptors (Lipinski definition) is 3. The number of aliphatic hydroxyl groups is 1. The molecule has 0 saturated heterocycles. The number of benzene rings is 1. The van der Waals surface area contributed by atoms with Crippen LogP contribution in [0.2, 0.25) is 5.02 Å². The van der Waals surface area contributed by atoms with Crippen molar-refractivity contribution in [1.29, 1.82) is 0 Å². The SMILES string of the molecule is CC(CCO)CNc1ccnc2cc(Cl)ccc12. The molecule has 0 aliphatic carbocycles. The number of fused-ring (bicyclic) bond motifs is 1. The smallest absolute Gasteiger partial charge is 0.0737 e. The molecule has 18 heavy (non-hydrogen) atoms. The van der Waals surface area contributed by atoms with Crippen molar-refractivity contribution in [1.82, 2.24) is 4.98 Å². The molecule has 0 radical (unpaired) electrons. The van der Waals surface area contributed by atoms with Crippen molar-refractivity contribution in [2.24, 2.45) is 5.92 Å². The van der Waals surface area contributed by atoms with Gasteiger partial charge in [-0.15, -0.1) is 0 Å². The van der Waals surface area contributed by atoms with E-state index in [0.717, 1.165) is 29.6 Å². The first kappa shape index (κ1) is 13.1. The molecule has 3 nitrogen and oxygen atoms in total. The number of halogens is 1. The number of nitrogens with one attached hydrogen (secondary N) is 1. The van der Waals surface area contributed by atoms with Crippen LogP contribution in [0.5, 0.6) is 0 Å². The lowest BCUT2D eigenvalue weighted by Crippen LogP contribution is -2.12. The van der Waals surface area contributed by atoms with Crippen LogP contribution in [0.25, 0.3) is 10.9 Å². The van der Waals surface area contributed by atoms with Crippen LogP contribution in [0.3, 0.4) is 0 Å². The van der Waals surface area contributed by atoms with Gasteiger partial charge < -0.3 is 10.4 Å². The van der Waals surface area contributed by atoms with Gasteiger partial charge in [0, 0.05) is 35.4 Å². The topological polar surface area (TPSA) is 45.1 Å². The molecule has 0 aliphatic rings. The Balaban J connectivity index is 2.18. The number of hydrogen-bond donors (Lipinski definition) is 2. The van der Waals surface area contributed by atoms with Crippen LogP contribution in [0.1, 0.15) is 13.3 Å². The van der Waals surface area contributed by atoms with Gasteiger partial charge in [0.25, 0.3) is 0 Å².